The lowest BCUT2D eigenvalue weighted by Crippen LogP contribution is -2.08. The van der Waals surface area contributed by atoms with Crippen molar-refractivity contribution in [1.82, 2.24) is 29.1 Å². The first kappa shape index (κ1) is 39.9. The zero-order valence-electron chi connectivity index (χ0n) is 27.5. The zero-order valence-corrected chi connectivity index (χ0v) is 32.6. The molecule has 4 aromatic heterocycles. The molecule has 6 rings (SSSR count). The highest BCUT2D eigenvalue weighted by Gasteiger charge is 2.21. The van der Waals surface area contributed by atoms with Crippen LogP contribution in [0.3, 0.4) is 0 Å². The molecule has 0 amide bonds. The second-order valence-electron chi connectivity index (χ2n) is 10.8. The van der Waals surface area contributed by atoms with Crippen LogP contribution in [-0.2, 0) is 14.1 Å². The van der Waals surface area contributed by atoms with Crippen LogP contribution in [0, 0.1) is 15.2 Å². The first-order chi connectivity index (χ1) is 24.2. The summed E-state index contributed by atoms with van der Waals surface area (Å²) in [7, 11) is 3.81. The predicted molar refractivity (Wildman–Crippen MR) is 206 cm³/mol. The molecular formula is C34H31Cl4F2IN8O2. The van der Waals surface area contributed by atoms with Crippen LogP contribution in [0.2, 0.25) is 20.1 Å². The van der Waals surface area contributed by atoms with Crippen LogP contribution in [-0.4, -0.2) is 29.1 Å². The highest BCUT2D eigenvalue weighted by Crippen LogP contribution is 2.38. The Kier molecular flexibility index (Phi) is 14.1. The SMILES string of the molecule is CC(Oc1cc(-c2nccn2C)cnc1N)c1c(Cl)ccc(F)c1Cl.CC(Oc1cc(I)cnc1N)c1c(Cl)ccc(F)c1Cl.Cn1ccnc1. The Hall–Kier alpha value is -3.89. The highest BCUT2D eigenvalue weighted by molar-refractivity contribution is 14.1. The Morgan fingerprint density at radius 3 is 1.73 bits per heavy atom. The molecule has 0 aliphatic carbocycles. The Morgan fingerprint density at radius 1 is 0.745 bits per heavy atom. The number of ether oxygens (including phenoxy) is 2. The summed E-state index contributed by atoms with van der Waals surface area (Å²) in [5.74, 6) is 0.797. The summed E-state index contributed by atoms with van der Waals surface area (Å²) in [6.45, 7) is 3.42. The van der Waals surface area contributed by atoms with E-state index in [-0.39, 0.29) is 21.7 Å². The van der Waals surface area contributed by atoms with Gasteiger partial charge in [-0.25, -0.2) is 28.7 Å². The van der Waals surface area contributed by atoms with Crippen molar-refractivity contribution in [2.45, 2.75) is 26.1 Å². The maximum atomic E-state index is 13.7. The van der Waals surface area contributed by atoms with Gasteiger partial charge in [0.25, 0.3) is 0 Å². The molecule has 17 heteroatoms. The van der Waals surface area contributed by atoms with Crippen molar-refractivity contribution in [3.05, 3.63) is 126 Å². The van der Waals surface area contributed by atoms with Crippen molar-refractivity contribution >= 4 is 80.6 Å². The van der Waals surface area contributed by atoms with Crippen LogP contribution >= 0.6 is 69.0 Å². The largest absolute Gasteiger partial charge is 0.482 e. The summed E-state index contributed by atoms with van der Waals surface area (Å²) in [6, 6.07) is 8.75. The molecule has 0 saturated carbocycles. The molecule has 2 atom stereocenters. The fraction of sp³-hybridized carbons (Fsp3) is 0.176. The van der Waals surface area contributed by atoms with Gasteiger partial charge in [0, 0.05) is 81.6 Å². The van der Waals surface area contributed by atoms with Gasteiger partial charge < -0.3 is 30.1 Å². The normalized spacial score (nSPS) is 11.8. The van der Waals surface area contributed by atoms with Crippen molar-refractivity contribution in [1.29, 1.82) is 0 Å². The van der Waals surface area contributed by atoms with Crippen molar-refractivity contribution in [3.8, 4) is 22.9 Å². The molecule has 0 radical (unpaired) electrons. The van der Waals surface area contributed by atoms with Crippen molar-refractivity contribution in [2.24, 2.45) is 14.1 Å². The van der Waals surface area contributed by atoms with Crippen LogP contribution in [0.1, 0.15) is 37.2 Å². The lowest BCUT2D eigenvalue weighted by atomic mass is 10.1. The predicted octanol–water partition coefficient (Wildman–Crippen LogP) is 9.92. The van der Waals surface area contributed by atoms with Gasteiger partial charge in [-0.3, -0.25) is 0 Å². The third-order valence-corrected chi connectivity index (χ3v) is 9.04. The minimum Gasteiger partial charge on any atom is -0.482 e. The van der Waals surface area contributed by atoms with Gasteiger partial charge in [-0.1, -0.05) is 46.4 Å². The van der Waals surface area contributed by atoms with E-state index in [1.165, 1.54) is 24.3 Å². The molecular weight excluding hydrogens is 859 g/mol. The Balaban J connectivity index is 0.000000200. The summed E-state index contributed by atoms with van der Waals surface area (Å²) in [5, 5.41) is 0.515. The number of imidazole rings is 2. The number of nitrogens with two attached hydrogens (primary N) is 2. The molecule has 0 bridgehead atoms. The number of anilines is 2. The summed E-state index contributed by atoms with van der Waals surface area (Å²) >= 11 is 26.3. The molecule has 0 aliphatic rings. The van der Waals surface area contributed by atoms with E-state index in [1.807, 2.05) is 35.6 Å². The second kappa shape index (κ2) is 18.0. The Bertz CT molecular complexity index is 2100. The Labute approximate surface area is 326 Å². The van der Waals surface area contributed by atoms with Crippen LogP contribution in [0.5, 0.6) is 11.5 Å². The van der Waals surface area contributed by atoms with E-state index < -0.39 is 23.8 Å². The van der Waals surface area contributed by atoms with Gasteiger partial charge in [0.15, 0.2) is 23.1 Å². The van der Waals surface area contributed by atoms with Crippen molar-refractivity contribution < 1.29 is 18.3 Å². The first-order valence-corrected chi connectivity index (χ1v) is 17.4. The smallest absolute Gasteiger partial charge is 0.166 e. The van der Waals surface area contributed by atoms with E-state index in [4.69, 9.17) is 67.3 Å². The molecule has 10 nitrogen and oxygen atoms in total. The molecule has 6 aromatic rings. The molecule has 0 aliphatic heterocycles. The van der Waals surface area contributed by atoms with E-state index in [0.717, 1.165) is 9.13 Å². The lowest BCUT2D eigenvalue weighted by Gasteiger charge is -2.19. The van der Waals surface area contributed by atoms with Gasteiger partial charge in [-0.2, -0.15) is 0 Å². The average molecular weight is 890 g/mol. The number of hydrogen-bond acceptors (Lipinski definition) is 8. The fourth-order valence-electron chi connectivity index (χ4n) is 4.50. The average Bonchev–Trinajstić information content (AvgIpc) is 3.75. The van der Waals surface area contributed by atoms with Gasteiger partial charge >= 0.3 is 0 Å². The molecule has 2 unspecified atom stereocenters. The topological polar surface area (TPSA) is 132 Å². The summed E-state index contributed by atoms with van der Waals surface area (Å²) in [6.07, 6.45) is 10.9. The Morgan fingerprint density at radius 2 is 1.27 bits per heavy atom. The lowest BCUT2D eigenvalue weighted by molar-refractivity contribution is 0.227. The van der Waals surface area contributed by atoms with E-state index in [1.54, 1.807) is 57.1 Å². The summed E-state index contributed by atoms with van der Waals surface area (Å²) in [5.41, 5.74) is 13.1. The van der Waals surface area contributed by atoms with E-state index in [2.05, 4.69) is 42.5 Å². The number of nitrogen functional groups attached to an aromatic ring is 2. The fourth-order valence-corrected chi connectivity index (χ4v) is 6.27. The van der Waals surface area contributed by atoms with Gasteiger partial charge in [0.1, 0.15) is 29.7 Å². The van der Waals surface area contributed by atoms with Crippen molar-refractivity contribution in [3.63, 3.8) is 0 Å². The second-order valence-corrected chi connectivity index (χ2v) is 13.6. The zero-order chi connectivity index (χ0) is 37.4. The van der Waals surface area contributed by atoms with Crippen LogP contribution in [0.15, 0.2) is 79.9 Å². The molecule has 2 aromatic carbocycles. The number of benzene rings is 2. The van der Waals surface area contributed by atoms with E-state index >= 15 is 0 Å². The van der Waals surface area contributed by atoms with Crippen LogP contribution in [0.4, 0.5) is 20.4 Å². The summed E-state index contributed by atoms with van der Waals surface area (Å²) in [4.78, 5) is 16.2. The minimum atomic E-state index is -0.628. The number of aromatic nitrogens is 6. The van der Waals surface area contributed by atoms with Gasteiger partial charge in [0.05, 0.1) is 16.4 Å². The monoisotopic (exact) mass is 888 g/mol. The van der Waals surface area contributed by atoms with Gasteiger partial charge in [-0.05, 0) is 72.8 Å². The highest BCUT2D eigenvalue weighted by atomic mass is 127. The molecule has 0 saturated heterocycles. The quantitative estimate of drug-likeness (QED) is 0.120. The van der Waals surface area contributed by atoms with Gasteiger partial charge in [-0.15, -0.1) is 0 Å². The number of nitrogens with zero attached hydrogens (tertiary/aromatic N) is 6. The summed E-state index contributed by atoms with van der Waals surface area (Å²) < 4.78 is 43.4. The third kappa shape index (κ3) is 10.3. The van der Waals surface area contributed by atoms with Crippen LogP contribution < -0.4 is 20.9 Å². The number of halogens is 7. The van der Waals surface area contributed by atoms with E-state index in [0.29, 0.717) is 38.5 Å². The number of aryl methyl sites for hydroxylation is 2. The third-order valence-electron chi connectivity index (χ3n) is 7.03. The maximum absolute atomic E-state index is 13.7. The number of pyridine rings is 2. The minimum absolute atomic E-state index is 0.0536. The maximum Gasteiger partial charge on any atom is 0.166 e. The first-order valence-electron chi connectivity index (χ1n) is 14.8. The molecule has 0 fully saturated rings. The standard InChI is InChI=1S/C17H15Cl2FN4O.C13H10Cl2FIN2O.C4H6N2/c1-9(14-11(18)3-4-12(20)15(14)19)25-13-7-10(8-23-16(13)21)17-22-5-6-24(17)2;1-6(11-8(14)2-3-9(16)12(11)15)20-10-4-7(17)5-19-13(10)18;1-6-3-2-5-4-6/h3-9H,1-2H3,(H2,21,23);2-6H,1H3,(H2,18,19);2-4H,1H3. The van der Waals surface area contributed by atoms with E-state index in [9.17, 15) is 8.78 Å². The number of hydrogen-bond donors (Lipinski definition) is 2. The van der Waals surface area contributed by atoms with Crippen molar-refractivity contribution in [2.75, 3.05) is 11.5 Å². The molecule has 51 heavy (non-hydrogen) atoms. The molecule has 4 N–H and O–H groups in total. The number of rotatable bonds is 7. The van der Waals surface area contributed by atoms with Crippen LogP contribution in [0.25, 0.3) is 11.4 Å². The molecule has 0 spiro atoms. The molecule has 268 valence electrons. The van der Waals surface area contributed by atoms with Gasteiger partial charge in [0.2, 0.25) is 0 Å². The molecule has 4 heterocycles.